The zero-order chi connectivity index (χ0) is 16.1. The van der Waals surface area contributed by atoms with Gasteiger partial charge in [-0.1, -0.05) is 18.0 Å². The Labute approximate surface area is 134 Å². The first-order valence-electron chi connectivity index (χ1n) is 7.45. The molecular weight excluding hydrogens is 306 g/mol. The van der Waals surface area contributed by atoms with E-state index in [2.05, 4.69) is 10.6 Å². The molecular formula is C15H20ClN3O3. The summed E-state index contributed by atoms with van der Waals surface area (Å²) in [4.78, 5) is 21.9. The highest BCUT2D eigenvalue weighted by Gasteiger charge is 2.24. The maximum absolute atomic E-state index is 11.7. The fourth-order valence-electron chi connectivity index (χ4n) is 2.38. The Hall–Kier alpha value is -1.82. The summed E-state index contributed by atoms with van der Waals surface area (Å²) < 4.78 is 0. The van der Waals surface area contributed by atoms with Gasteiger partial charge in [-0.2, -0.15) is 0 Å². The number of rotatable bonds is 7. The topological polar surface area (TPSA) is 84.3 Å². The number of halogens is 1. The molecule has 120 valence electrons. The van der Waals surface area contributed by atoms with Crippen LogP contribution >= 0.6 is 11.6 Å². The molecule has 1 aliphatic carbocycles. The lowest BCUT2D eigenvalue weighted by atomic mass is 9.85. The van der Waals surface area contributed by atoms with Crippen LogP contribution in [0, 0.1) is 23.0 Å². The first kappa shape index (κ1) is 16.5. The number of non-ortho nitro benzene ring substituents is 1. The zero-order valence-electron chi connectivity index (χ0n) is 12.5. The molecule has 1 aromatic carbocycles. The maximum atomic E-state index is 11.7. The largest absolute Gasteiger partial charge is 0.384 e. The summed E-state index contributed by atoms with van der Waals surface area (Å²) in [6, 6.07) is 2.84. The highest BCUT2D eigenvalue weighted by molar-refractivity contribution is 6.33. The third kappa shape index (κ3) is 4.10. The molecule has 0 bridgehead atoms. The molecule has 2 rings (SSSR count). The third-order valence-electron chi connectivity index (χ3n) is 3.91. The minimum absolute atomic E-state index is 0.0131. The number of hydrogen-bond acceptors (Lipinski definition) is 4. The van der Waals surface area contributed by atoms with Crippen molar-refractivity contribution in [3.05, 3.63) is 32.8 Å². The van der Waals surface area contributed by atoms with E-state index in [1.165, 1.54) is 12.1 Å². The number of nitrogens with zero attached hydrogens (tertiary/aromatic N) is 1. The van der Waals surface area contributed by atoms with Crippen molar-refractivity contribution in [2.24, 2.45) is 5.92 Å². The van der Waals surface area contributed by atoms with Crippen LogP contribution in [0.25, 0.3) is 0 Å². The molecule has 0 heterocycles. The molecule has 0 saturated heterocycles. The smallest absolute Gasteiger partial charge is 0.271 e. The molecule has 1 fully saturated rings. The van der Waals surface area contributed by atoms with E-state index in [9.17, 15) is 14.9 Å². The van der Waals surface area contributed by atoms with Crippen molar-refractivity contribution in [3.63, 3.8) is 0 Å². The standard InChI is InChI=1S/C15H20ClN3O3/c1-10-8-12(19(21)22)9-13(16)14(10)17-6-3-7-18-15(20)11-4-2-5-11/h8-9,11,17H,2-7H2,1H3,(H,18,20). The highest BCUT2D eigenvalue weighted by Crippen LogP contribution is 2.30. The zero-order valence-corrected chi connectivity index (χ0v) is 13.3. The number of nitro benzene ring substituents is 1. The molecule has 1 aliphatic rings. The van der Waals surface area contributed by atoms with E-state index in [1.807, 2.05) is 0 Å². The van der Waals surface area contributed by atoms with Gasteiger partial charge in [-0.05, 0) is 31.7 Å². The lowest BCUT2D eigenvalue weighted by Gasteiger charge is -2.24. The van der Waals surface area contributed by atoms with Crippen LogP contribution in [-0.2, 0) is 4.79 Å². The van der Waals surface area contributed by atoms with Gasteiger partial charge in [-0.25, -0.2) is 0 Å². The van der Waals surface area contributed by atoms with E-state index in [4.69, 9.17) is 11.6 Å². The van der Waals surface area contributed by atoms with Crippen LogP contribution in [0.5, 0.6) is 0 Å². The second-order valence-corrected chi connectivity index (χ2v) is 5.98. The lowest BCUT2D eigenvalue weighted by Crippen LogP contribution is -2.35. The van der Waals surface area contributed by atoms with Gasteiger partial charge in [-0.3, -0.25) is 14.9 Å². The molecule has 0 unspecified atom stereocenters. The Bertz CT molecular complexity index is 550. The van der Waals surface area contributed by atoms with E-state index >= 15 is 0 Å². The third-order valence-corrected chi connectivity index (χ3v) is 4.21. The van der Waals surface area contributed by atoms with Crippen molar-refractivity contribution >= 4 is 28.9 Å². The molecule has 7 heteroatoms. The second kappa shape index (κ2) is 7.45. The van der Waals surface area contributed by atoms with Gasteiger partial charge < -0.3 is 10.6 Å². The van der Waals surface area contributed by atoms with Crippen LogP contribution in [-0.4, -0.2) is 23.9 Å². The monoisotopic (exact) mass is 325 g/mol. The van der Waals surface area contributed by atoms with Gasteiger partial charge in [0, 0.05) is 31.1 Å². The SMILES string of the molecule is Cc1cc([N+](=O)[O-])cc(Cl)c1NCCCNC(=O)C1CCC1. The molecule has 1 saturated carbocycles. The average Bonchev–Trinajstić information content (AvgIpc) is 2.38. The highest BCUT2D eigenvalue weighted by atomic mass is 35.5. The van der Waals surface area contributed by atoms with E-state index in [0.29, 0.717) is 23.8 Å². The summed E-state index contributed by atoms with van der Waals surface area (Å²) in [6.45, 7) is 3.04. The Kier molecular flexibility index (Phi) is 5.60. The van der Waals surface area contributed by atoms with E-state index < -0.39 is 4.92 Å². The Morgan fingerprint density at radius 3 is 2.68 bits per heavy atom. The van der Waals surface area contributed by atoms with Gasteiger partial charge in [0.15, 0.2) is 0 Å². The molecule has 1 amide bonds. The van der Waals surface area contributed by atoms with Crippen LogP contribution in [0.15, 0.2) is 12.1 Å². The van der Waals surface area contributed by atoms with Gasteiger partial charge in [0.05, 0.1) is 15.6 Å². The second-order valence-electron chi connectivity index (χ2n) is 5.58. The number of nitro groups is 1. The van der Waals surface area contributed by atoms with Gasteiger partial charge >= 0.3 is 0 Å². The molecule has 0 radical (unpaired) electrons. The van der Waals surface area contributed by atoms with Crippen molar-refractivity contribution in [1.82, 2.24) is 5.32 Å². The molecule has 2 N–H and O–H groups in total. The molecule has 0 aliphatic heterocycles. The lowest BCUT2D eigenvalue weighted by molar-refractivity contribution is -0.384. The Morgan fingerprint density at radius 1 is 1.41 bits per heavy atom. The van der Waals surface area contributed by atoms with Crippen LogP contribution in [0.1, 0.15) is 31.2 Å². The van der Waals surface area contributed by atoms with E-state index in [-0.39, 0.29) is 17.5 Å². The Morgan fingerprint density at radius 2 is 2.14 bits per heavy atom. The van der Waals surface area contributed by atoms with Crippen molar-refractivity contribution in [2.45, 2.75) is 32.6 Å². The first-order valence-corrected chi connectivity index (χ1v) is 7.83. The number of carbonyl (C=O) groups excluding carboxylic acids is 1. The summed E-state index contributed by atoms with van der Waals surface area (Å²) in [5.41, 5.74) is 1.43. The van der Waals surface area contributed by atoms with Crippen molar-refractivity contribution in [1.29, 1.82) is 0 Å². The summed E-state index contributed by atoms with van der Waals surface area (Å²) in [5.74, 6) is 0.357. The van der Waals surface area contributed by atoms with Gasteiger partial charge in [0.1, 0.15) is 0 Å². The predicted molar refractivity (Wildman–Crippen MR) is 86.3 cm³/mol. The number of carbonyl (C=O) groups is 1. The minimum Gasteiger partial charge on any atom is -0.384 e. The van der Waals surface area contributed by atoms with Crippen LogP contribution in [0.2, 0.25) is 5.02 Å². The number of benzene rings is 1. The molecule has 22 heavy (non-hydrogen) atoms. The fourth-order valence-corrected chi connectivity index (χ4v) is 2.71. The summed E-state index contributed by atoms with van der Waals surface area (Å²) in [7, 11) is 0. The van der Waals surface area contributed by atoms with Crippen LogP contribution in [0.3, 0.4) is 0 Å². The van der Waals surface area contributed by atoms with Crippen LogP contribution < -0.4 is 10.6 Å². The summed E-state index contributed by atoms with van der Waals surface area (Å²) in [5, 5.41) is 17.2. The minimum atomic E-state index is -0.460. The average molecular weight is 326 g/mol. The predicted octanol–water partition coefficient (Wildman–Crippen LogP) is 3.27. The maximum Gasteiger partial charge on any atom is 0.271 e. The normalized spacial score (nSPS) is 14.3. The fraction of sp³-hybridized carbons (Fsp3) is 0.533. The van der Waals surface area contributed by atoms with Crippen molar-refractivity contribution in [3.8, 4) is 0 Å². The van der Waals surface area contributed by atoms with Crippen LogP contribution in [0.4, 0.5) is 11.4 Å². The molecule has 0 atom stereocenters. The first-order chi connectivity index (χ1) is 10.5. The molecule has 0 aromatic heterocycles. The van der Waals surface area contributed by atoms with E-state index in [1.54, 1.807) is 6.92 Å². The van der Waals surface area contributed by atoms with Gasteiger partial charge in [0.25, 0.3) is 5.69 Å². The Balaban J connectivity index is 1.77. The number of amides is 1. The van der Waals surface area contributed by atoms with Gasteiger partial charge in [-0.15, -0.1) is 0 Å². The van der Waals surface area contributed by atoms with E-state index in [0.717, 1.165) is 31.2 Å². The molecule has 1 aromatic rings. The number of aryl methyl sites for hydroxylation is 1. The number of anilines is 1. The van der Waals surface area contributed by atoms with Crippen molar-refractivity contribution < 1.29 is 9.72 Å². The molecule has 6 nitrogen and oxygen atoms in total. The number of hydrogen-bond donors (Lipinski definition) is 2. The van der Waals surface area contributed by atoms with Crippen molar-refractivity contribution in [2.75, 3.05) is 18.4 Å². The molecule has 0 spiro atoms. The van der Waals surface area contributed by atoms with Gasteiger partial charge in [0.2, 0.25) is 5.91 Å². The number of nitrogens with one attached hydrogen (secondary N) is 2. The summed E-state index contributed by atoms with van der Waals surface area (Å²) >= 11 is 6.07. The summed E-state index contributed by atoms with van der Waals surface area (Å²) in [6.07, 6.45) is 3.92. The quantitative estimate of drug-likeness (QED) is 0.458.